The molecule has 2 heteroatoms. The Balaban J connectivity index is 2.50. The molecular formula is C13H14O2. The van der Waals surface area contributed by atoms with Crippen LogP contribution in [0.25, 0.3) is 6.08 Å². The second kappa shape index (κ2) is 5.94. The summed E-state index contributed by atoms with van der Waals surface area (Å²) in [6.07, 6.45) is 5.74. The number of allylic oxidation sites excluding steroid dienone is 2. The Morgan fingerprint density at radius 3 is 2.53 bits per heavy atom. The van der Waals surface area contributed by atoms with Crippen molar-refractivity contribution < 1.29 is 9.90 Å². The molecule has 1 aromatic rings. The SMILES string of the molecule is CC(O)C(=O)/C=C/C=C/c1ccccc1. The van der Waals surface area contributed by atoms with Crippen molar-refractivity contribution in [2.75, 3.05) is 0 Å². The standard InChI is InChI=1S/C13H14O2/c1-11(14)13(15)10-6-5-9-12-7-3-2-4-8-12/h2-11,14H,1H3/b9-5+,10-6+. The van der Waals surface area contributed by atoms with E-state index in [0.29, 0.717) is 0 Å². The van der Waals surface area contributed by atoms with Gasteiger partial charge in [-0.15, -0.1) is 0 Å². The van der Waals surface area contributed by atoms with Crippen LogP contribution in [0.2, 0.25) is 0 Å². The maximum atomic E-state index is 11.0. The van der Waals surface area contributed by atoms with Crippen LogP contribution in [-0.4, -0.2) is 17.0 Å². The first kappa shape index (κ1) is 11.4. The van der Waals surface area contributed by atoms with Crippen molar-refractivity contribution in [3.05, 3.63) is 54.1 Å². The first-order chi connectivity index (χ1) is 7.20. The summed E-state index contributed by atoms with van der Waals surface area (Å²) in [5, 5.41) is 8.91. The molecule has 0 aliphatic carbocycles. The van der Waals surface area contributed by atoms with Gasteiger partial charge in [0.2, 0.25) is 0 Å². The molecule has 0 amide bonds. The van der Waals surface area contributed by atoms with Crippen LogP contribution < -0.4 is 0 Å². The molecule has 0 aliphatic heterocycles. The van der Waals surface area contributed by atoms with Crippen LogP contribution in [-0.2, 0) is 4.79 Å². The zero-order chi connectivity index (χ0) is 11.1. The Bertz CT molecular complexity index is 361. The molecule has 0 saturated heterocycles. The van der Waals surface area contributed by atoms with Gasteiger partial charge in [-0.3, -0.25) is 4.79 Å². The number of rotatable bonds is 4. The first-order valence-electron chi connectivity index (χ1n) is 4.82. The third-order valence-corrected chi connectivity index (χ3v) is 1.87. The van der Waals surface area contributed by atoms with Crippen LogP contribution in [0.1, 0.15) is 12.5 Å². The summed E-state index contributed by atoms with van der Waals surface area (Å²) in [6.45, 7) is 1.45. The molecule has 0 bridgehead atoms. The first-order valence-corrected chi connectivity index (χ1v) is 4.82. The van der Waals surface area contributed by atoms with E-state index in [1.807, 2.05) is 36.4 Å². The zero-order valence-corrected chi connectivity index (χ0v) is 8.63. The molecule has 1 unspecified atom stereocenters. The molecule has 0 heterocycles. The van der Waals surface area contributed by atoms with Gasteiger partial charge in [-0.25, -0.2) is 0 Å². The summed E-state index contributed by atoms with van der Waals surface area (Å²) in [7, 11) is 0. The largest absolute Gasteiger partial charge is 0.385 e. The number of hydrogen-bond donors (Lipinski definition) is 1. The smallest absolute Gasteiger partial charge is 0.183 e. The lowest BCUT2D eigenvalue weighted by Gasteiger charge is -1.94. The highest BCUT2D eigenvalue weighted by Crippen LogP contribution is 2.00. The summed E-state index contributed by atoms with van der Waals surface area (Å²) in [6, 6.07) is 9.79. The maximum absolute atomic E-state index is 11.0. The highest BCUT2D eigenvalue weighted by molar-refractivity contribution is 5.93. The molecule has 0 aliphatic rings. The number of ketones is 1. The minimum absolute atomic E-state index is 0.285. The van der Waals surface area contributed by atoms with E-state index in [0.717, 1.165) is 5.56 Å². The molecule has 2 nitrogen and oxygen atoms in total. The van der Waals surface area contributed by atoms with Crippen LogP contribution in [0.5, 0.6) is 0 Å². The van der Waals surface area contributed by atoms with Crippen LogP contribution in [0.4, 0.5) is 0 Å². The van der Waals surface area contributed by atoms with E-state index in [-0.39, 0.29) is 5.78 Å². The summed E-state index contributed by atoms with van der Waals surface area (Å²) >= 11 is 0. The average molecular weight is 202 g/mol. The molecule has 0 fully saturated rings. The van der Waals surface area contributed by atoms with E-state index in [1.165, 1.54) is 13.0 Å². The van der Waals surface area contributed by atoms with Crippen molar-refractivity contribution in [1.82, 2.24) is 0 Å². The number of aliphatic hydroxyl groups excluding tert-OH is 1. The van der Waals surface area contributed by atoms with E-state index in [1.54, 1.807) is 12.2 Å². The number of aliphatic hydroxyl groups is 1. The lowest BCUT2D eigenvalue weighted by molar-refractivity contribution is -0.121. The Labute approximate surface area is 89.6 Å². The predicted octanol–water partition coefficient (Wildman–Crippen LogP) is 2.21. The molecule has 0 saturated carbocycles. The minimum atomic E-state index is -0.925. The Morgan fingerprint density at radius 2 is 1.93 bits per heavy atom. The molecule has 1 aromatic carbocycles. The van der Waals surface area contributed by atoms with Crippen molar-refractivity contribution in [2.24, 2.45) is 0 Å². The van der Waals surface area contributed by atoms with E-state index in [4.69, 9.17) is 5.11 Å². The second-order valence-electron chi connectivity index (χ2n) is 3.21. The number of benzene rings is 1. The lowest BCUT2D eigenvalue weighted by Crippen LogP contribution is -2.12. The van der Waals surface area contributed by atoms with Gasteiger partial charge < -0.3 is 5.11 Å². The fourth-order valence-electron chi connectivity index (χ4n) is 1.02. The van der Waals surface area contributed by atoms with Gasteiger partial charge in [0.05, 0.1) is 0 Å². The summed E-state index contributed by atoms with van der Waals surface area (Å²) < 4.78 is 0. The third kappa shape index (κ3) is 4.38. The summed E-state index contributed by atoms with van der Waals surface area (Å²) in [5.41, 5.74) is 1.08. The van der Waals surface area contributed by atoms with Crippen LogP contribution in [0.15, 0.2) is 48.6 Å². The number of hydrogen-bond acceptors (Lipinski definition) is 2. The van der Waals surface area contributed by atoms with Crippen LogP contribution in [0, 0.1) is 0 Å². The lowest BCUT2D eigenvalue weighted by atomic mass is 10.2. The van der Waals surface area contributed by atoms with Gasteiger partial charge in [0, 0.05) is 0 Å². The molecular weight excluding hydrogens is 188 g/mol. The van der Waals surface area contributed by atoms with Gasteiger partial charge >= 0.3 is 0 Å². The van der Waals surface area contributed by atoms with Gasteiger partial charge in [-0.05, 0) is 18.6 Å². The minimum Gasteiger partial charge on any atom is -0.385 e. The van der Waals surface area contributed by atoms with Crippen LogP contribution >= 0.6 is 0 Å². The highest BCUT2D eigenvalue weighted by atomic mass is 16.3. The van der Waals surface area contributed by atoms with Gasteiger partial charge in [0.1, 0.15) is 6.10 Å². The summed E-state index contributed by atoms with van der Waals surface area (Å²) in [5.74, 6) is -0.285. The normalized spacial score (nSPS) is 13.5. The van der Waals surface area contributed by atoms with Crippen molar-refractivity contribution in [3.8, 4) is 0 Å². The van der Waals surface area contributed by atoms with Crippen LogP contribution in [0.3, 0.4) is 0 Å². The molecule has 78 valence electrons. The van der Waals surface area contributed by atoms with Crippen molar-refractivity contribution in [1.29, 1.82) is 0 Å². The maximum Gasteiger partial charge on any atom is 0.183 e. The zero-order valence-electron chi connectivity index (χ0n) is 8.63. The Morgan fingerprint density at radius 1 is 1.27 bits per heavy atom. The van der Waals surface area contributed by atoms with E-state index in [9.17, 15) is 4.79 Å². The molecule has 1 atom stereocenters. The number of carbonyl (C=O) groups excluding carboxylic acids is 1. The fraction of sp³-hybridized carbons (Fsp3) is 0.154. The Kier molecular flexibility index (Phi) is 4.51. The predicted molar refractivity (Wildman–Crippen MR) is 61.3 cm³/mol. The van der Waals surface area contributed by atoms with Gasteiger partial charge in [0.25, 0.3) is 0 Å². The van der Waals surface area contributed by atoms with E-state index in [2.05, 4.69) is 0 Å². The molecule has 0 spiro atoms. The van der Waals surface area contributed by atoms with Crippen molar-refractivity contribution in [3.63, 3.8) is 0 Å². The van der Waals surface area contributed by atoms with Gasteiger partial charge in [0.15, 0.2) is 5.78 Å². The Hall–Kier alpha value is -1.67. The monoisotopic (exact) mass is 202 g/mol. The number of carbonyl (C=O) groups is 1. The summed E-state index contributed by atoms with van der Waals surface area (Å²) in [4.78, 5) is 11.0. The molecule has 1 N–H and O–H groups in total. The molecule has 0 radical (unpaired) electrons. The topological polar surface area (TPSA) is 37.3 Å². The molecule has 1 rings (SSSR count). The second-order valence-corrected chi connectivity index (χ2v) is 3.21. The van der Waals surface area contributed by atoms with Gasteiger partial charge in [-0.2, -0.15) is 0 Å². The van der Waals surface area contributed by atoms with Crippen molar-refractivity contribution in [2.45, 2.75) is 13.0 Å². The quantitative estimate of drug-likeness (QED) is 0.600. The van der Waals surface area contributed by atoms with E-state index >= 15 is 0 Å². The fourth-order valence-corrected chi connectivity index (χ4v) is 1.02. The molecule has 0 aromatic heterocycles. The highest BCUT2D eigenvalue weighted by Gasteiger charge is 2.01. The average Bonchev–Trinajstić information content (AvgIpc) is 2.25. The van der Waals surface area contributed by atoms with Crippen molar-refractivity contribution >= 4 is 11.9 Å². The van der Waals surface area contributed by atoms with E-state index < -0.39 is 6.10 Å². The third-order valence-electron chi connectivity index (χ3n) is 1.87. The molecule has 15 heavy (non-hydrogen) atoms. The van der Waals surface area contributed by atoms with Gasteiger partial charge in [-0.1, -0.05) is 48.6 Å².